The van der Waals surface area contributed by atoms with Crippen molar-refractivity contribution in [3.05, 3.63) is 0 Å². The van der Waals surface area contributed by atoms with Gasteiger partial charge in [-0.1, -0.05) is 58.3 Å². The van der Waals surface area contributed by atoms with Crippen LogP contribution in [0.5, 0.6) is 0 Å². The van der Waals surface area contributed by atoms with E-state index < -0.39 is 0 Å². The number of hydrogen-bond donors (Lipinski definition) is 1. The van der Waals surface area contributed by atoms with E-state index in [9.17, 15) is 0 Å². The topological polar surface area (TPSA) is 41.6 Å². The molecule has 0 aromatic heterocycles. The van der Waals surface area contributed by atoms with Crippen molar-refractivity contribution in [2.75, 3.05) is 19.6 Å². The summed E-state index contributed by atoms with van der Waals surface area (Å²) in [5, 5.41) is 0. The molecule has 2 N–H and O–H groups in total. The lowest BCUT2D eigenvalue weighted by Crippen LogP contribution is -2.34. The molecule has 1 heterocycles. The highest BCUT2D eigenvalue weighted by Crippen LogP contribution is 2.16. The summed E-state index contributed by atoms with van der Waals surface area (Å²) in [6.45, 7) is 5.01. The first-order chi connectivity index (χ1) is 9.38. The van der Waals surface area contributed by atoms with Crippen LogP contribution in [0.4, 0.5) is 0 Å². The Labute approximate surface area is 119 Å². The van der Waals surface area contributed by atoms with Crippen LogP contribution in [0.25, 0.3) is 0 Å². The van der Waals surface area contributed by atoms with Gasteiger partial charge in [0.25, 0.3) is 0 Å². The van der Waals surface area contributed by atoms with Gasteiger partial charge >= 0.3 is 0 Å². The fourth-order valence-electron chi connectivity index (χ4n) is 2.79. The molecule has 0 saturated heterocycles. The van der Waals surface area contributed by atoms with Crippen molar-refractivity contribution in [1.29, 1.82) is 0 Å². The highest BCUT2D eigenvalue weighted by Gasteiger charge is 2.18. The maximum absolute atomic E-state index is 5.62. The van der Waals surface area contributed by atoms with Crippen molar-refractivity contribution in [2.24, 2.45) is 10.7 Å². The molecule has 1 rings (SSSR count). The molecule has 0 spiro atoms. The van der Waals surface area contributed by atoms with E-state index in [-0.39, 0.29) is 0 Å². The highest BCUT2D eigenvalue weighted by atomic mass is 15.3. The van der Waals surface area contributed by atoms with E-state index >= 15 is 0 Å². The summed E-state index contributed by atoms with van der Waals surface area (Å²) in [5.41, 5.74) is 5.62. The molecule has 0 radical (unpaired) electrons. The molecule has 0 saturated carbocycles. The average molecular weight is 267 g/mol. The zero-order valence-electron chi connectivity index (χ0n) is 12.8. The molecule has 0 aromatic carbocycles. The van der Waals surface area contributed by atoms with Crippen molar-refractivity contribution in [2.45, 2.75) is 77.3 Å². The van der Waals surface area contributed by atoms with Gasteiger partial charge in [-0.05, 0) is 12.8 Å². The Bertz CT molecular complexity index is 228. The number of unbranched alkanes of at least 4 members (excludes halogenated alkanes) is 8. The minimum Gasteiger partial charge on any atom is -0.329 e. The second kappa shape index (κ2) is 11.4. The standard InChI is InChI=1S/C16H33N3/c1-2-3-4-5-6-7-8-9-10-11-16-18-13-15-19(16)14-12-17/h13,16H,2-12,14-15,17H2,1H3. The molecule has 1 atom stereocenters. The zero-order valence-corrected chi connectivity index (χ0v) is 12.8. The summed E-state index contributed by atoms with van der Waals surface area (Å²) in [6.07, 6.45) is 16.3. The monoisotopic (exact) mass is 267 g/mol. The Hall–Kier alpha value is -0.410. The van der Waals surface area contributed by atoms with Gasteiger partial charge in [0.05, 0.1) is 0 Å². The van der Waals surface area contributed by atoms with Crippen LogP contribution < -0.4 is 5.73 Å². The van der Waals surface area contributed by atoms with Gasteiger partial charge in [-0.15, -0.1) is 0 Å². The number of nitrogens with zero attached hydrogens (tertiary/aromatic N) is 2. The Balaban J connectivity index is 1.89. The Morgan fingerprint density at radius 3 is 2.32 bits per heavy atom. The number of nitrogens with two attached hydrogens (primary N) is 1. The van der Waals surface area contributed by atoms with E-state index in [1.54, 1.807) is 0 Å². The van der Waals surface area contributed by atoms with Crippen LogP contribution >= 0.6 is 0 Å². The first-order valence-electron chi connectivity index (χ1n) is 8.34. The minimum atomic E-state index is 0.424. The van der Waals surface area contributed by atoms with E-state index in [2.05, 4.69) is 16.8 Å². The van der Waals surface area contributed by atoms with Crippen molar-refractivity contribution in [3.8, 4) is 0 Å². The van der Waals surface area contributed by atoms with Gasteiger partial charge in [0.15, 0.2) is 0 Å². The molecule has 0 aromatic rings. The van der Waals surface area contributed by atoms with Gasteiger partial charge < -0.3 is 5.73 Å². The number of rotatable bonds is 12. The molecule has 0 amide bonds. The predicted octanol–water partition coefficient (Wildman–Crippen LogP) is 3.58. The van der Waals surface area contributed by atoms with E-state index in [0.717, 1.165) is 19.6 Å². The fourth-order valence-corrected chi connectivity index (χ4v) is 2.79. The lowest BCUT2D eigenvalue weighted by atomic mass is 10.1. The highest BCUT2D eigenvalue weighted by molar-refractivity contribution is 5.62. The van der Waals surface area contributed by atoms with Gasteiger partial charge in [-0.25, -0.2) is 0 Å². The first kappa shape index (κ1) is 16.6. The van der Waals surface area contributed by atoms with Gasteiger partial charge in [-0.2, -0.15) is 0 Å². The number of hydrogen-bond acceptors (Lipinski definition) is 3. The molecule has 3 heteroatoms. The largest absolute Gasteiger partial charge is 0.329 e. The third-order valence-corrected chi connectivity index (χ3v) is 4.00. The smallest absolute Gasteiger partial charge is 0.102 e. The molecule has 1 unspecified atom stereocenters. The zero-order chi connectivity index (χ0) is 13.8. The van der Waals surface area contributed by atoms with E-state index in [0.29, 0.717) is 6.17 Å². The summed E-state index contributed by atoms with van der Waals surface area (Å²) >= 11 is 0. The molecular weight excluding hydrogens is 234 g/mol. The summed E-state index contributed by atoms with van der Waals surface area (Å²) < 4.78 is 0. The summed E-state index contributed by atoms with van der Waals surface area (Å²) in [5.74, 6) is 0. The third-order valence-electron chi connectivity index (χ3n) is 4.00. The van der Waals surface area contributed by atoms with Crippen molar-refractivity contribution in [3.63, 3.8) is 0 Å². The van der Waals surface area contributed by atoms with Crippen LogP contribution in [0.3, 0.4) is 0 Å². The van der Waals surface area contributed by atoms with Gasteiger partial charge in [0.1, 0.15) is 6.17 Å². The molecule has 0 bridgehead atoms. The van der Waals surface area contributed by atoms with E-state index in [1.165, 1.54) is 64.2 Å². The van der Waals surface area contributed by atoms with Crippen LogP contribution in [0.2, 0.25) is 0 Å². The van der Waals surface area contributed by atoms with Crippen LogP contribution in [0.15, 0.2) is 4.99 Å². The Kier molecular flexibility index (Phi) is 10.0. The Morgan fingerprint density at radius 1 is 1.05 bits per heavy atom. The van der Waals surface area contributed by atoms with E-state index in [4.69, 9.17) is 5.73 Å². The quantitative estimate of drug-likeness (QED) is 0.549. The maximum Gasteiger partial charge on any atom is 0.102 e. The summed E-state index contributed by atoms with van der Waals surface area (Å²) in [6, 6.07) is 0. The molecule has 112 valence electrons. The summed E-state index contributed by atoms with van der Waals surface area (Å²) in [7, 11) is 0. The van der Waals surface area contributed by atoms with Gasteiger partial charge in [0, 0.05) is 25.8 Å². The van der Waals surface area contributed by atoms with Crippen LogP contribution in [0, 0.1) is 0 Å². The molecule has 0 fully saturated rings. The molecule has 1 aliphatic rings. The van der Waals surface area contributed by atoms with Crippen LogP contribution in [-0.2, 0) is 0 Å². The second-order valence-corrected chi connectivity index (χ2v) is 5.71. The van der Waals surface area contributed by atoms with Crippen LogP contribution in [0.1, 0.15) is 71.1 Å². The lowest BCUT2D eigenvalue weighted by Gasteiger charge is -2.21. The Morgan fingerprint density at radius 2 is 1.68 bits per heavy atom. The average Bonchev–Trinajstić information content (AvgIpc) is 2.85. The van der Waals surface area contributed by atoms with Crippen molar-refractivity contribution < 1.29 is 0 Å². The SMILES string of the molecule is CCCCCCCCCCCC1N=CCN1CCN. The predicted molar refractivity (Wildman–Crippen MR) is 84.8 cm³/mol. The maximum atomic E-state index is 5.62. The fraction of sp³-hybridized carbons (Fsp3) is 0.938. The van der Waals surface area contributed by atoms with Crippen molar-refractivity contribution >= 4 is 6.21 Å². The van der Waals surface area contributed by atoms with Crippen LogP contribution in [-0.4, -0.2) is 36.9 Å². The molecule has 1 aliphatic heterocycles. The number of aliphatic imine (C=N–C) groups is 1. The van der Waals surface area contributed by atoms with Gasteiger partial charge in [-0.3, -0.25) is 9.89 Å². The molecule has 19 heavy (non-hydrogen) atoms. The third kappa shape index (κ3) is 7.68. The normalized spacial score (nSPS) is 19.4. The second-order valence-electron chi connectivity index (χ2n) is 5.71. The van der Waals surface area contributed by atoms with E-state index in [1.807, 2.05) is 6.21 Å². The lowest BCUT2D eigenvalue weighted by molar-refractivity contribution is 0.241. The first-order valence-corrected chi connectivity index (χ1v) is 8.34. The van der Waals surface area contributed by atoms with Gasteiger partial charge in [0.2, 0.25) is 0 Å². The van der Waals surface area contributed by atoms with Crippen molar-refractivity contribution in [1.82, 2.24) is 4.90 Å². The minimum absolute atomic E-state index is 0.424. The molecule has 3 nitrogen and oxygen atoms in total. The summed E-state index contributed by atoms with van der Waals surface area (Å²) in [4.78, 5) is 6.94. The molecule has 0 aliphatic carbocycles. The molecular formula is C16H33N3.